The second-order valence-corrected chi connectivity index (χ2v) is 6.53. The van der Waals surface area contributed by atoms with Gasteiger partial charge in [0.2, 0.25) is 0 Å². The molecule has 0 saturated heterocycles. The van der Waals surface area contributed by atoms with E-state index in [0.717, 1.165) is 11.4 Å². The number of aromatic nitrogens is 1. The summed E-state index contributed by atoms with van der Waals surface area (Å²) in [5, 5.41) is 0. The lowest BCUT2D eigenvalue weighted by molar-refractivity contribution is 0.312. The van der Waals surface area contributed by atoms with Crippen LogP contribution >= 0.6 is 0 Å². The third-order valence-corrected chi connectivity index (χ3v) is 3.40. The Morgan fingerprint density at radius 1 is 1.39 bits per heavy atom. The van der Waals surface area contributed by atoms with Crippen LogP contribution in [0.15, 0.2) is 12.1 Å². The fourth-order valence-corrected chi connectivity index (χ4v) is 2.19. The average Bonchev–Trinajstić information content (AvgIpc) is 2.26. The first-order valence-corrected chi connectivity index (χ1v) is 7.95. The molecule has 0 aromatic carbocycles. The summed E-state index contributed by atoms with van der Waals surface area (Å²) >= 11 is 0. The Morgan fingerprint density at radius 2 is 2.11 bits per heavy atom. The van der Waals surface area contributed by atoms with E-state index in [1.807, 2.05) is 19.1 Å². The van der Waals surface area contributed by atoms with Gasteiger partial charge in [-0.15, -0.1) is 0 Å². The van der Waals surface area contributed by atoms with Gasteiger partial charge >= 0.3 is 0 Å². The van der Waals surface area contributed by atoms with E-state index < -0.39 is 9.84 Å². The summed E-state index contributed by atoms with van der Waals surface area (Å²) in [6.07, 6.45) is 2.36. The fraction of sp³-hybridized carbons (Fsp3) is 0.583. The fourth-order valence-electron chi connectivity index (χ4n) is 1.55. The highest BCUT2D eigenvalue weighted by atomic mass is 32.2. The number of aryl methyl sites for hydroxylation is 1. The number of nitrogens with zero attached hydrogens (tertiary/aromatic N) is 1. The number of nitrogens with two attached hydrogens (primary N) is 1. The highest BCUT2D eigenvalue weighted by Crippen LogP contribution is 2.17. The summed E-state index contributed by atoms with van der Waals surface area (Å²) in [4.78, 5) is 4.37. The summed E-state index contributed by atoms with van der Waals surface area (Å²) in [7, 11) is -2.92. The Labute approximate surface area is 108 Å². The first-order chi connectivity index (χ1) is 8.42. The molecule has 2 N–H and O–H groups in total. The van der Waals surface area contributed by atoms with E-state index in [1.165, 1.54) is 6.26 Å². The zero-order valence-electron chi connectivity index (χ0n) is 10.8. The molecule has 0 atom stereocenters. The van der Waals surface area contributed by atoms with Crippen molar-refractivity contribution in [1.82, 2.24) is 4.98 Å². The molecule has 1 rings (SSSR count). The summed E-state index contributed by atoms with van der Waals surface area (Å²) in [5.41, 5.74) is 7.27. The van der Waals surface area contributed by atoms with Gasteiger partial charge in [0.1, 0.15) is 15.6 Å². The van der Waals surface area contributed by atoms with E-state index in [4.69, 9.17) is 10.5 Å². The van der Waals surface area contributed by atoms with Gasteiger partial charge in [-0.25, -0.2) is 8.42 Å². The maximum Gasteiger partial charge on any atom is 0.147 e. The molecule has 0 aliphatic heterocycles. The molecule has 0 aliphatic rings. The van der Waals surface area contributed by atoms with E-state index in [-0.39, 0.29) is 5.75 Å². The first kappa shape index (κ1) is 14.9. The van der Waals surface area contributed by atoms with Gasteiger partial charge in [0.05, 0.1) is 18.1 Å². The third kappa shape index (κ3) is 5.46. The molecular formula is C12H20N2O3S. The minimum atomic E-state index is -2.92. The van der Waals surface area contributed by atoms with Crippen LogP contribution in [-0.2, 0) is 16.3 Å². The van der Waals surface area contributed by atoms with Crippen LogP contribution in [0, 0.1) is 6.92 Å². The van der Waals surface area contributed by atoms with Crippen LogP contribution in [0.5, 0.6) is 5.75 Å². The quantitative estimate of drug-likeness (QED) is 0.739. The average molecular weight is 272 g/mol. The molecule has 1 aromatic heterocycles. The molecule has 0 amide bonds. The summed E-state index contributed by atoms with van der Waals surface area (Å²) in [6, 6.07) is 3.72. The molecule has 0 unspecified atom stereocenters. The number of rotatable bonds is 7. The second kappa shape index (κ2) is 6.70. The largest absolute Gasteiger partial charge is 0.492 e. The van der Waals surface area contributed by atoms with E-state index in [2.05, 4.69) is 4.98 Å². The molecule has 0 bridgehead atoms. The third-order valence-electron chi connectivity index (χ3n) is 2.37. The monoisotopic (exact) mass is 272 g/mol. The maximum atomic E-state index is 11.0. The van der Waals surface area contributed by atoms with Crippen LogP contribution in [0.2, 0.25) is 0 Å². The van der Waals surface area contributed by atoms with Crippen LogP contribution < -0.4 is 10.5 Å². The van der Waals surface area contributed by atoms with Gasteiger partial charge in [-0.1, -0.05) is 0 Å². The second-order valence-electron chi connectivity index (χ2n) is 4.27. The van der Waals surface area contributed by atoms with Crippen molar-refractivity contribution in [2.45, 2.75) is 19.8 Å². The zero-order chi connectivity index (χ0) is 13.6. The van der Waals surface area contributed by atoms with Crippen molar-refractivity contribution in [2.75, 3.05) is 25.2 Å². The Morgan fingerprint density at radius 3 is 2.72 bits per heavy atom. The lowest BCUT2D eigenvalue weighted by Gasteiger charge is -2.10. The van der Waals surface area contributed by atoms with E-state index in [0.29, 0.717) is 31.7 Å². The molecule has 6 heteroatoms. The van der Waals surface area contributed by atoms with Crippen molar-refractivity contribution in [3.05, 3.63) is 23.5 Å². The minimum absolute atomic E-state index is 0.137. The number of ether oxygens (including phenoxy) is 1. The van der Waals surface area contributed by atoms with Crippen molar-refractivity contribution < 1.29 is 13.2 Å². The predicted molar refractivity (Wildman–Crippen MR) is 71.6 cm³/mol. The standard InChI is InChI=1S/C12H20N2O3S/c1-10-4-5-12(11(14-10)6-7-13)17-8-3-9-18(2,15)16/h4-5H,3,6-9,13H2,1-2H3. The number of hydrogen-bond acceptors (Lipinski definition) is 5. The first-order valence-electron chi connectivity index (χ1n) is 5.89. The summed E-state index contributed by atoms with van der Waals surface area (Å²) in [5.74, 6) is 0.831. The maximum absolute atomic E-state index is 11.0. The topological polar surface area (TPSA) is 82.3 Å². The van der Waals surface area contributed by atoms with Gasteiger partial charge < -0.3 is 10.5 Å². The Kier molecular flexibility index (Phi) is 5.55. The van der Waals surface area contributed by atoms with Gasteiger partial charge in [-0.3, -0.25) is 4.98 Å². The number of hydrogen-bond donors (Lipinski definition) is 1. The molecule has 5 nitrogen and oxygen atoms in total. The van der Waals surface area contributed by atoms with Crippen molar-refractivity contribution in [3.8, 4) is 5.75 Å². The van der Waals surface area contributed by atoms with Gasteiger partial charge in [0, 0.05) is 18.4 Å². The van der Waals surface area contributed by atoms with E-state index in [1.54, 1.807) is 0 Å². The SMILES string of the molecule is Cc1ccc(OCCCS(C)(=O)=O)c(CCN)n1. The van der Waals surface area contributed by atoms with Crippen LogP contribution in [0.3, 0.4) is 0 Å². The molecular weight excluding hydrogens is 252 g/mol. The lowest BCUT2D eigenvalue weighted by atomic mass is 10.2. The molecule has 102 valence electrons. The summed E-state index contributed by atoms with van der Waals surface area (Å²) < 4.78 is 27.5. The van der Waals surface area contributed by atoms with Gasteiger partial charge in [0.15, 0.2) is 0 Å². The predicted octanol–water partition coefficient (Wildman–Crippen LogP) is 0.705. The summed E-state index contributed by atoms with van der Waals surface area (Å²) in [6.45, 7) is 2.79. The normalized spacial score (nSPS) is 11.5. The molecule has 1 heterocycles. The Bertz CT molecular complexity index is 486. The van der Waals surface area contributed by atoms with Gasteiger partial charge in [-0.2, -0.15) is 0 Å². The molecule has 0 aliphatic carbocycles. The van der Waals surface area contributed by atoms with Crippen molar-refractivity contribution in [2.24, 2.45) is 5.73 Å². The highest BCUT2D eigenvalue weighted by Gasteiger charge is 2.06. The number of pyridine rings is 1. The smallest absolute Gasteiger partial charge is 0.147 e. The molecule has 0 saturated carbocycles. The van der Waals surface area contributed by atoms with Crippen molar-refractivity contribution in [1.29, 1.82) is 0 Å². The molecule has 1 aromatic rings. The van der Waals surface area contributed by atoms with Gasteiger partial charge in [-0.05, 0) is 32.0 Å². The van der Waals surface area contributed by atoms with Crippen LogP contribution in [0.4, 0.5) is 0 Å². The Hall–Kier alpha value is -1.14. The van der Waals surface area contributed by atoms with Crippen LogP contribution in [0.25, 0.3) is 0 Å². The van der Waals surface area contributed by atoms with Crippen LogP contribution in [-0.4, -0.2) is 38.6 Å². The molecule has 0 radical (unpaired) electrons. The Balaban J connectivity index is 2.56. The van der Waals surface area contributed by atoms with Crippen molar-refractivity contribution >= 4 is 9.84 Å². The van der Waals surface area contributed by atoms with Crippen LogP contribution in [0.1, 0.15) is 17.8 Å². The van der Waals surface area contributed by atoms with Gasteiger partial charge in [0.25, 0.3) is 0 Å². The molecule has 0 spiro atoms. The molecule has 0 fully saturated rings. The lowest BCUT2D eigenvalue weighted by Crippen LogP contribution is -2.11. The van der Waals surface area contributed by atoms with E-state index >= 15 is 0 Å². The molecule has 18 heavy (non-hydrogen) atoms. The van der Waals surface area contributed by atoms with Crippen molar-refractivity contribution in [3.63, 3.8) is 0 Å². The number of sulfone groups is 1. The zero-order valence-corrected chi connectivity index (χ0v) is 11.7. The highest BCUT2D eigenvalue weighted by molar-refractivity contribution is 7.90. The van der Waals surface area contributed by atoms with E-state index in [9.17, 15) is 8.42 Å². The minimum Gasteiger partial charge on any atom is -0.492 e.